The molecule has 2 heterocycles. The van der Waals surface area contributed by atoms with E-state index in [0.717, 1.165) is 5.56 Å². The van der Waals surface area contributed by atoms with Gasteiger partial charge >= 0.3 is 0 Å². The number of hydrogen-bond acceptors (Lipinski definition) is 4. The predicted octanol–water partition coefficient (Wildman–Crippen LogP) is 0.775. The number of benzene rings is 1. The van der Waals surface area contributed by atoms with Gasteiger partial charge in [0.2, 0.25) is 5.91 Å². The van der Waals surface area contributed by atoms with E-state index < -0.39 is 11.5 Å². The summed E-state index contributed by atoms with van der Waals surface area (Å²) in [6.07, 6.45) is 0. The highest BCUT2D eigenvalue weighted by Gasteiger charge is 2.49. The molecule has 3 amide bonds. The van der Waals surface area contributed by atoms with Crippen molar-refractivity contribution in [2.45, 2.75) is 26.4 Å². The van der Waals surface area contributed by atoms with Crippen molar-refractivity contribution in [3.8, 4) is 5.75 Å². The van der Waals surface area contributed by atoms with E-state index >= 15 is 0 Å². The van der Waals surface area contributed by atoms with Crippen LogP contribution in [0.2, 0.25) is 0 Å². The smallest absolute Gasteiger partial charge is 0.278 e. The molecule has 2 aliphatic heterocycles. The third kappa shape index (κ3) is 2.70. The Morgan fingerprint density at radius 3 is 2.42 bits per heavy atom. The second kappa shape index (κ2) is 5.81. The number of rotatable bonds is 1. The van der Waals surface area contributed by atoms with E-state index in [1.807, 2.05) is 19.1 Å². The Morgan fingerprint density at radius 1 is 1.17 bits per heavy atom. The molecule has 1 N–H and O–H groups in total. The van der Waals surface area contributed by atoms with Crippen LogP contribution in [-0.2, 0) is 14.4 Å². The summed E-state index contributed by atoms with van der Waals surface area (Å²) in [5.74, 6) is -0.378. The van der Waals surface area contributed by atoms with Gasteiger partial charge in [0.1, 0.15) is 5.75 Å². The lowest BCUT2D eigenvalue weighted by Gasteiger charge is -2.40. The summed E-state index contributed by atoms with van der Waals surface area (Å²) in [6.45, 7) is 6.64. The van der Waals surface area contributed by atoms with Gasteiger partial charge in [0.05, 0.1) is 5.69 Å². The second-order valence-corrected chi connectivity index (χ2v) is 6.39. The average Bonchev–Trinajstić information content (AvgIpc) is 2.55. The SMILES string of the molecule is CC(=O)N1CCN(C(=O)C2(C)Oc3ccc(C)cc3NC2=O)CC1. The van der Waals surface area contributed by atoms with Crippen molar-refractivity contribution < 1.29 is 19.1 Å². The number of fused-ring (bicyclic) bond motifs is 1. The van der Waals surface area contributed by atoms with Gasteiger partial charge in [-0.1, -0.05) is 6.07 Å². The highest BCUT2D eigenvalue weighted by molar-refractivity contribution is 6.15. The molecule has 2 aliphatic rings. The summed E-state index contributed by atoms with van der Waals surface area (Å²) >= 11 is 0. The molecule has 0 bridgehead atoms. The van der Waals surface area contributed by atoms with Gasteiger partial charge in [-0.25, -0.2) is 0 Å². The Hall–Kier alpha value is -2.57. The van der Waals surface area contributed by atoms with Crippen LogP contribution in [0.5, 0.6) is 5.75 Å². The molecule has 1 unspecified atom stereocenters. The normalized spacial score (nSPS) is 23.2. The molecule has 128 valence electrons. The Bertz CT molecular complexity index is 710. The van der Waals surface area contributed by atoms with Crippen LogP contribution in [-0.4, -0.2) is 59.3 Å². The molecule has 1 saturated heterocycles. The zero-order valence-corrected chi connectivity index (χ0v) is 14.1. The first-order chi connectivity index (χ1) is 11.3. The summed E-state index contributed by atoms with van der Waals surface area (Å²) in [4.78, 5) is 40.0. The molecule has 7 heteroatoms. The molecular weight excluding hydrogens is 310 g/mol. The van der Waals surface area contributed by atoms with Crippen molar-refractivity contribution in [3.63, 3.8) is 0 Å². The summed E-state index contributed by atoms with van der Waals surface area (Å²) in [6, 6.07) is 5.43. The lowest BCUT2D eigenvalue weighted by atomic mass is 10.00. The molecular formula is C17H21N3O4. The van der Waals surface area contributed by atoms with Crippen molar-refractivity contribution in [2.24, 2.45) is 0 Å². The maximum atomic E-state index is 12.9. The van der Waals surface area contributed by atoms with Crippen LogP contribution in [0.4, 0.5) is 5.69 Å². The Labute approximate surface area is 140 Å². The van der Waals surface area contributed by atoms with Crippen molar-refractivity contribution in [2.75, 3.05) is 31.5 Å². The minimum atomic E-state index is -1.60. The zero-order valence-electron chi connectivity index (χ0n) is 14.1. The van der Waals surface area contributed by atoms with Gasteiger partial charge in [-0.15, -0.1) is 0 Å². The highest BCUT2D eigenvalue weighted by Crippen LogP contribution is 2.35. The molecule has 0 saturated carbocycles. The fourth-order valence-corrected chi connectivity index (χ4v) is 3.01. The number of piperazine rings is 1. The van der Waals surface area contributed by atoms with Gasteiger partial charge in [-0.2, -0.15) is 0 Å². The van der Waals surface area contributed by atoms with Crippen LogP contribution in [0.15, 0.2) is 18.2 Å². The van der Waals surface area contributed by atoms with Crippen LogP contribution >= 0.6 is 0 Å². The molecule has 3 rings (SSSR count). The third-order valence-corrected chi connectivity index (χ3v) is 4.55. The molecule has 24 heavy (non-hydrogen) atoms. The molecule has 0 radical (unpaired) electrons. The number of nitrogens with one attached hydrogen (secondary N) is 1. The Kier molecular flexibility index (Phi) is 3.95. The molecule has 1 atom stereocenters. The number of nitrogens with zero attached hydrogens (tertiary/aromatic N) is 2. The van der Waals surface area contributed by atoms with E-state index in [1.165, 1.54) is 13.8 Å². The first-order valence-corrected chi connectivity index (χ1v) is 7.97. The molecule has 1 fully saturated rings. The minimum Gasteiger partial charge on any atom is -0.466 e. The molecule has 0 spiro atoms. The molecule has 1 aromatic carbocycles. The predicted molar refractivity (Wildman–Crippen MR) is 87.7 cm³/mol. The van der Waals surface area contributed by atoms with E-state index in [2.05, 4.69) is 5.32 Å². The van der Waals surface area contributed by atoms with Gasteiger partial charge < -0.3 is 19.9 Å². The van der Waals surface area contributed by atoms with Crippen molar-refractivity contribution >= 4 is 23.4 Å². The molecule has 1 aromatic rings. The first-order valence-electron chi connectivity index (χ1n) is 7.97. The largest absolute Gasteiger partial charge is 0.466 e. The topological polar surface area (TPSA) is 79.0 Å². The van der Waals surface area contributed by atoms with Gasteiger partial charge in [0.15, 0.2) is 0 Å². The monoisotopic (exact) mass is 331 g/mol. The average molecular weight is 331 g/mol. The van der Waals surface area contributed by atoms with Crippen molar-refractivity contribution in [1.82, 2.24) is 9.80 Å². The van der Waals surface area contributed by atoms with E-state index in [-0.39, 0.29) is 11.8 Å². The summed E-state index contributed by atoms with van der Waals surface area (Å²) in [7, 11) is 0. The number of carbonyl (C=O) groups is 3. The van der Waals surface area contributed by atoms with Crippen LogP contribution < -0.4 is 10.1 Å². The maximum Gasteiger partial charge on any atom is 0.278 e. The molecule has 7 nitrogen and oxygen atoms in total. The summed E-state index contributed by atoms with van der Waals surface area (Å²) in [5.41, 5.74) is -0.0275. The van der Waals surface area contributed by atoms with E-state index in [4.69, 9.17) is 4.74 Å². The number of anilines is 1. The number of ether oxygens (including phenoxy) is 1. The van der Waals surface area contributed by atoms with Crippen LogP contribution in [0, 0.1) is 6.92 Å². The lowest BCUT2D eigenvalue weighted by Crippen LogP contribution is -2.62. The Balaban J connectivity index is 1.78. The third-order valence-electron chi connectivity index (χ3n) is 4.55. The standard InChI is InChI=1S/C17H21N3O4/c1-11-4-5-14-13(10-11)18-15(22)17(3,24-14)16(23)20-8-6-19(7-9-20)12(2)21/h4-5,10H,6-9H2,1-3H3,(H,18,22). The van der Waals surface area contributed by atoms with Crippen molar-refractivity contribution in [1.29, 1.82) is 0 Å². The van der Waals surface area contributed by atoms with Gasteiger partial charge in [-0.3, -0.25) is 14.4 Å². The van der Waals surface area contributed by atoms with E-state index in [1.54, 1.807) is 15.9 Å². The van der Waals surface area contributed by atoms with Gasteiger partial charge in [0, 0.05) is 33.1 Å². The molecule has 0 aliphatic carbocycles. The second-order valence-electron chi connectivity index (χ2n) is 6.39. The van der Waals surface area contributed by atoms with Crippen LogP contribution in [0.1, 0.15) is 19.4 Å². The summed E-state index contributed by atoms with van der Waals surface area (Å²) in [5, 5.41) is 2.76. The van der Waals surface area contributed by atoms with E-state index in [9.17, 15) is 14.4 Å². The van der Waals surface area contributed by atoms with Crippen LogP contribution in [0.3, 0.4) is 0 Å². The van der Waals surface area contributed by atoms with Crippen LogP contribution in [0.25, 0.3) is 0 Å². The lowest BCUT2D eigenvalue weighted by molar-refractivity contribution is -0.157. The fraction of sp³-hybridized carbons (Fsp3) is 0.471. The highest BCUT2D eigenvalue weighted by atomic mass is 16.5. The van der Waals surface area contributed by atoms with Crippen molar-refractivity contribution in [3.05, 3.63) is 23.8 Å². The zero-order chi connectivity index (χ0) is 17.5. The number of hydrogen-bond donors (Lipinski definition) is 1. The van der Waals surface area contributed by atoms with Gasteiger partial charge in [0.25, 0.3) is 17.4 Å². The minimum absolute atomic E-state index is 0.00994. The maximum absolute atomic E-state index is 12.9. The van der Waals surface area contributed by atoms with Gasteiger partial charge in [-0.05, 0) is 31.5 Å². The summed E-state index contributed by atoms with van der Waals surface area (Å²) < 4.78 is 5.79. The fourth-order valence-electron chi connectivity index (χ4n) is 3.01. The Morgan fingerprint density at radius 2 is 1.79 bits per heavy atom. The number of carbonyl (C=O) groups excluding carboxylic acids is 3. The number of amides is 3. The number of aryl methyl sites for hydroxylation is 1. The van der Waals surface area contributed by atoms with E-state index in [0.29, 0.717) is 37.6 Å². The quantitative estimate of drug-likeness (QED) is 0.771. The molecule has 0 aromatic heterocycles. The first kappa shape index (κ1) is 16.3.